The normalized spacial score (nSPS) is 15.2. The first-order valence-electron chi connectivity index (χ1n) is 12.7. The fourth-order valence-corrected chi connectivity index (χ4v) is 4.92. The molecule has 7 nitrogen and oxygen atoms in total. The van der Waals surface area contributed by atoms with Crippen molar-refractivity contribution >= 4 is 34.4 Å². The molecule has 1 amide bonds. The van der Waals surface area contributed by atoms with Crippen molar-refractivity contribution in [3.05, 3.63) is 77.2 Å². The summed E-state index contributed by atoms with van der Waals surface area (Å²) in [6.07, 6.45) is 4.82. The van der Waals surface area contributed by atoms with E-state index in [1.54, 1.807) is 24.3 Å². The highest BCUT2D eigenvalue weighted by atomic mass is 35.5. The molecule has 186 valence electrons. The van der Waals surface area contributed by atoms with Gasteiger partial charge in [-0.3, -0.25) is 4.79 Å². The van der Waals surface area contributed by atoms with E-state index in [0.717, 1.165) is 54.2 Å². The van der Waals surface area contributed by atoms with Crippen LogP contribution in [0.2, 0.25) is 5.02 Å². The van der Waals surface area contributed by atoms with E-state index in [4.69, 9.17) is 26.7 Å². The molecule has 0 aliphatic carbocycles. The number of para-hydroxylation sites is 1. The Bertz CT molecular complexity index is 1340. The van der Waals surface area contributed by atoms with E-state index in [-0.39, 0.29) is 11.8 Å². The minimum atomic E-state index is 0.0375. The highest BCUT2D eigenvalue weighted by Crippen LogP contribution is 2.30. The van der Waals surface area contributed by atoms with E-state index in [1.165, 1.54) is 0 Å². The number of nitrogens with zero attached hydrogens (tertiary/aromatic N) is 6. The Labute approximate surface area is 216 Å². The lowest BCUT2D eigenvalue weighted by Crippen LogP contribution is -2.35. The van der Waals surface area contributed by atoms with Gasteiger partial charge in [0.1, 0.15) is 11.6 Å². The number of amides is 1. The number of hydrogen-bond donors (Lipinski definition) is 0. The summed E-state index contributed by atoms with van der Waals surface area (Å²) >= 11 is 6.01. The van der Waals surface area contributed by atoms with Crippen LogP contribution in [0.4, 0.5) is 5.82 Å². The molecular weight excluding hydrogens is 472 g/mol. The van der Waals surface area contributed by atoms with Gasteiger partial charge < -0.3 is 9.80 Å². The lowest BCUT2D eigenvalue weighted by Gasteiger charge is -2.24. The molecule has 1 saturated heterocycles. The molecule has 0 N–H and O–H groups in total. The number of hydrogen-bond acceptors (Lipinski definition) is 5. The van der Waals surface area contributed by atoms with Crippen LogP contribution in [0.15, 0.2) is 60.8 Å². The van der Waals surface area contributed by atoms with E-state index < -0.39 is 0 Å². The average Bonchev–Trinajstić information content (AvgIpc) is 3.18. The molecule has 1 atom stereocenters. The minimum Gasteiger partial charge on any atom is -0.354 e. The predicted molar refractivity (Wildman–Crippen MR) is 144 cm³/mol. The van der Waals surface area contributed by atoms with Gasteiger partial charge in [0.05, 0.1) is 17.3 Å². The quantitative estimate of drug-likeness (QED) is 0.337. The molecule has 0 saturated carbocycles. The summed E-state index contributed by atoms with van der Waals surface area (Å²) in [6.45, 7) is 7.21. The van der Waals surface area contributed by atoms with Gasteiger partial charge in [-0.1, -0.05) is 50.1 Å². The smallest absolute Gasteiger partial charge is 0.253 e. The van der Waals surface area contributed by atoms with Gasteiger partial charge in [0.15, 0.2) is 5.65 Å². The van der Waals surface area contributed by atoms with Crippen molar-refractivity contribution in [3.8, 4) is 5.69 Å². The second-order valence-electron chi connectivity index (χ2n) is 9.36. The number of halogens is 1. The molecule has 0 unspecified atom stereocenters. The maximum absolute atomic E-state index is 13.1. The molecule has 4 aromatic rings. The summed E-state index contributed by atoms with van der Waals surface area (Å²) in [5.41, 5.74) is 2.46. The number of carbonyl (C=O) groups excluding carboxylic acids is 1. The number of rotatable bonds is 6. The number of benzene rings is 2. The van der Waals surface area contributed by atoms with E-state index in [2.05, 4.69) is 18.7 Å². The van der Waals surface area contributed by atoms with Crippen molar-refractivity contribution in [1.82, 2.24) is 24.6 Å². The van der Waals surface area contributed by atoms with Gasteiger partial charge in [-0.25, -0.2) is 14.6 Å². The zero-order valence-corrected chi connectivity index (χ0v) is 21.5. The molecule has 8 heteroatoms. The van der Waals surface area contributed by atoms with Gasteiger partial charge in [0, 0.05) is 42.7 Å². The molecule has 5 rings (SSSR count). The maximum atomic E-state index is 13.1. The fourth-order valence-electron chi connectivity index (χ4n) is 4.80. The van der Waals surface area contributed by atoms with Crippen LogP contribution in [0.1, 0.15) is 55.2 Å². The summed E-state index contributed by atoms with van der Waals surface area (Å²) in [5, 5.41) is 6.26. The zero-order chi connectivity index (χ0) is 25.1. The first-order chi connectivity index (χ1) is 17.5. The Hall–Kier alpha value is -3.45. The zero-order valence-electron chi connectivity index (χ0n) is 20.8. The number of aromatic nitrogens is 4. The maximum Gasteiger partial charge on any atom is 0.253 e. The van der Waals surface area contributed by atoms with E-state index in [9.17, 15) is 4.79 Å². The standard InChI is InChI=1S/C28H31ClN6O/c1-3-8-20(2)25-31-26(24-19-30-35(27(24)32-25)23-9-5-4-6-10-23)33-15-7-16-34(18-17-33)28(36)21-11-13-22(29)14-12-21/h4-6,9-14,19-20H,3,7-8,15-18H2,1-2H3/t20-/m0/s1. The fraction of sp³-hybridized carbons (Fsp3) is 0.357. The van der Waals surface area contributed by atoms with Crippen molar-refractivity contribution < 1.29 is 4.79 Å². The number of carbonyl (C=O) groups is 1. The van der Waals surface area contributed by atoms with Crippen LogP contribution in [0, 0.1) is 0 Å². The monoisotopic (exact) mass is 502 g/mol. The van der Waals surface area contributed by atoms with E-state index >= 15 is 0 Å². The first kappa shape index (κ1) is 24.3. The summed E-state index contributed by atoms with van der Waals surface area (Å²) < 4.78 is 1.90. The molecular formula is C28H31ClN6O. The Balaban J connectivity index is 1.47. The highest BCUT2D eigenvalue weighted by molar-refractivity contribution is 6.30. The van der Waals surface area contributed by atoms with Crippen molar-refractivity contribution in [2.75, 3.05) is 31.1 Å². The largest absolute Gasteiger partial charge is 0.354 e. The SMILES string of the molecule is CCC[C@H](C)c1nc(N2CCCN(C(=O)c3ccc(Cl)cc3)CC2)c2cnn(-c3ccccc3)c2n1. The summed E-state index contributed by atoms with van der Waals surface area (Å²) in [6, 6.07) is 17.2. The lowest BCUT2D eigenvalue weighted by atomic mass is 10.1. The molecule has 2 aromatic carbocycles. The molecule has 2 aromatic heterocycles. The summed E-state index contributed by atoms with van der Waals surface area (Å²) in [7, 11) is 0. The average molecular weight is 503 g/mol. The first-order valence-corrected chi connectivity index (χ1v) is 13.0. The van der Waals surface area contributed by atoms with Crippen LogP contribution in [0.25, 0.3) is 16.7 Å². The van der Waals surface area contributed by atoms with Crippen LogP contribution in [-0.2, 0) is 0 Å². The summed E-state index contributed by atoms with van der Waals surface area (Å²) in [5.74, 6) is 2.03. The van der Waals surface area contributed by atoms with Gasteiger partial charge >= 0.3 is 0 Å². The Morgan fingerprint density at radius 2 is 1.78 bits per heavy atom. The minimum absolute atomic E-state index is 0.0375. The second-order valence-corrected chi connectivity index (χ2v) is 9.80. The van der Waals surface area contributed by atoms with E-state index in [1.807, 2.05) is 46.1 Å². The highest BCUT2D eigenvalue weighted by Gasteiger charge is 2.25. The number of anilines is 1. The third-order valence-corrected chi connectivity index (χ3v) is 7.01. The second kappa shape index (κ2) is 10.7. The van der Waals surface area contributed by atoms with Crippen molar-refractivity contribution in [3.63, 3.8) is 0 Å². The van der Waals surface area contributed by atoms with E-state index in [0.29, 0.717) is 30.2 Å². The van der Waals surface area contributed by atoms with Crippen LogP contribution < -0.4 is 4.90 Å². The number of fused-ring (bicyclic) bond motifs is 1. The third kappa shape index (κ3) is 4.93. The van der Waals surface area contributed by atoms with Gasteiger partial charge in [-0.15, -0.1) is 0 Å². The Morgan fingerprint density at radius 3 is 2.53 bits per heavy atom. The van der Waals surface area contributed by atoms with Crippen LogP contribution in [0.5, 0.6) is 0 Å². The van der Waals surface area contributed by atoms with Gasteiger partial charge in [0.2, 0.25) is 0 Å². The molecule has 1 fully saturated rings. The van der Waals surface area contributed by atoms with Crippen molar-refractivity contribution in [2.24, 2.45) is 0 Å². The predicted octanol–water partition coefficient (Wildman–Crippen LogP) is 5.73. The third-order valence-electron chi connectivity index (χ3n) is 6.76. The Kier molecular flexibility index (Phi) is 7.18. The van der Waals surface area contributed by atoms with Crippen LogP contribution in [-0.4, -0.2) is 56.7 Å². The summed E-state index contributed by atoms with van der Waals surface area (Å²) in [4.78, 5) is 27.4. The molecule has 0 spiro atoms. The molecule has 0 radical (unpaired) electrons. The Morgan fingerprint density at radius 1 is 1.00 bits per heavy atom. The van der Waals surface area contributed by atoms with Gasteiger partial charge in [0.25, 0.3) is 5.91 Å². The van der Waals surface area contributed by atoms with Gasteiger partial charge in [-0.2, -0.15) is 5.10 Å². The molecule has 1 aliphatic rings. The molecule has 0 bridgehead atoms. The molecule has 3 heterocycles. The van der Waals surface area contributed by atoms with Crippen LogP contribution >= 0.6 is 11.6 Å². The molecule has 36 heavy (non-hydrogen) atoms. The van der Waals surface area contributed by atoms with Crippen LogP contribution in [0.3, 0.4) is 0 Å². The topological polar surface area (TPSA) is 67.2 Å². The molecule has 1 aliphatic heterocycles. The lowest BCUT2D eigenvalue weighted by molar-refractivity contribution is 0.0767. The van der Waals surface area contributed by atoms with Crippen molar-refractivity contribution in [2.45, 2.75) is 39.0 Å². The van der Waals surface area contributed by atoms with Crippen molar-refractivity contribution in [1.29, 1.82) is 0 Å². The van der Waals surface area contributed by atoms with Gasteiger partial charge in [-0.05, 0) is 49.2 Å².